The monoisotopic (exact) mass is 404 g/mol. The second kappa shape index (κ2) is 10.4. The minimum Gasteiger partial charge on any atom is -0.350 e. The molecule has 0 heterocycles. The molecule has 0 saturated carbocycles. The molecule has 2 aromatic carbocycles. The van der Waals surface area contributed by atoms with Gasteiger partial charge in [0.1, 0.15) is 0 Å². The van der Waals surface area contributed by atoms with E-state index in [4.69, 9.17) is 11.6 Å². The summed E-state index contributed by atoms with van der Waals surface area (Å²) in [7, 11) is 0. The van der Waals surface area contributed by atoms with Gasteiger partial charge in [0.15, 0.2) is 0 Å². The third-order valence-electron chi connectivity index (χ3n) is 4.17. The molecule has 2 atom stereocenters. The zero-order valence-electron chi connectivity index (χ0n) is 15.8. The van der Waals surface area contributed by atoms with Gasteiger partial charge in [-0.25, -0.2) is 0 Å². The zero-order valence-corrected chi connectivity index (χ0v) is 17.4. The van der Waals surface area contributed by atoms with Crippen LogP contribution in [0, 0.1) is 0 Å². The molecule has 4 nitrogen and oxygen atoms in total. The lowest BCUT2D eigenvalue weighted by Crippen LogP contribution is -2.33. The lowest BCUT2D eigenvalue weighted by Gasteiger charge is -2.18. The van der Waals surface area contributed by atoms with Gasteiger partial charge >= 0.3 is 0 Å². The first-order valence-corrected chi connectivity index (χ1v) is 10.3. The summed E-state index contributed by atoms with van der Waals surface area (Å²) in [5.41, 5.74) is 0.996. The standard InChI is InChI=1S/C21H25ClN2O2S/c1-4-14(3)23-20(25)17-8-6-7-9-18(17)24-21(26)19(5-2)27-16-12-10-15(22)11-13-16/h6-14,19H,4-5H2,1-3H3,(H,23,25)(H,24,26)/t14-,19+/m0/s1. The van der Waals surface area contributed by atoms with E-state index in [9.17, 15) is 9.59 Å². The fraction of sp³-hybridized carbons (Fsp3) is 0.333. The Morgan fingerprint density at radius 1 is 1.04 bits per heavy atom. The molecule has 2 N–H and O–H groups in total. The van der Waals surface area contributed by atoms with Crippen molar-refractivity contribution in [2.24, 2.45) is 0 Å². The third-order valence-corrected chi connectivity index (χ3v) is 5.80. The number of para-hydroxylation sites is 1. The van der Waals surface area contributed by atoms with Gasteiger partial charge in [-0.15, -0.1) is 11.8 Å². The highest BCUT2D eigenvalue weighted by Gasteiger charge is 2.21. The van der Waals surface area contributed by atoms with Gasteiger partial charge in [-0.1, -0.05) is 37.6 Å². The molecule has 2 amide bonds. The van der Waals surface area contributed by atoms with Crippen LogP contribution in [0.25, 0.3) is 0 Å². The average molecular weight is 405 g/mol. The van der Waals surface area contributed by atoms with Crippen LogP contribution in [0.5, 0.6) is 0 Å². The molecule has 0 radical (unpaired) electrons. The van der Waals surface area contributed by atoms with E-state index in [2.05, 4.69) is 10.6 Å². The highest BCUT2D eigenvalue weighted by molar-refractivity contribution is 8.00. The Labute approximate surface area is 170 Å². The van der Waals surface area contributed by atoms with Crippen molar-refractivity contribution in [3.8, 4) is 0 Å². The van der Waals surface area contributed by atoms with Crippen LogP contribution in [0.4, 0.5) is 5.69 Å². The third kappa shape index (κ3) is 6.29. The number of carbonyl (C=O) groups is 2. The summed E-state index contributed by atoms with van der Waals surface area (Å²) in [5, 5.41) is 6.26. The van der Waals surface area contributed by atoms with E-state index in [1.54, 1.807) is 18.2 Å². The Morgan fingerprint density at radius 2 is 1.70 bits per heavy atom. The quantitative estimate of drug-likeness (QED) is 0.581. The molecule has 27 heavy (non-hydrogen) atoms. The number of hydrogen-bond donors (Lipinski definition) is 2. The van der Waals surface area contributed by atoms with E-state index < -0.39 is 0 Å². The minimum absolute atomic E-state index is 0.0742. The fourth-order valence-electron chi connectivity index (χ4n) is 2.41. The second-order valence-corrected chi connectivity index (χ2v) is 8.00. The molecule has 0 unspecified atom stereocenters. The second-order valence-electron chi connectivity index (χ2n) is 6.29. The van der Waals surface area contributed by atoms with Crippen LogP contribution < -0.4 is 10.6 Å². The van der Waals surface area contributed by atoms with Crippen molar-refractivity contribution in [2.75, 3.05) is 5.32 Å². The van der Waals surface area contributed by atoms with Crippen LogP contribution >= 0.6 is 23.4 Å². The summed E-state index contributed by atoms with van der Waals surface area (Å²) in [5.74, 6) is -0.306. The molecule has 0 bridgehead atoms. The molecule has 0 aromatic heterocycles. The van der Waals surface area contributed by atoms with Gasteiger partial charge in [-0.2, -0.15) is 0 Å². The summed E-state index contributed by atoms with van der Waals surface area (Å²) >= 11 is 7.40. The number of carbonyl (C=O) groups excluding carboxylic acids is 2. The van der Waals surface area contributed by atoms with Gasteiger partial charge in [-0.3, -0.25) is 9.59 Å². The summed E-state index contributed by atoms with van der Waals surface area (Å²) in [6.07, 6.45) is 1.51. The van der Waals surface area contributed by atoms with Crippen LogP contribution in [0.2, 0.25) is 5.02 Å². The van der Waals surface area contributed by atoms with Crippen molar-refractivity contribution >= 4 is 40.9 Å². The average Bonchev–Trinajstić information content (AvgIpc) is 2.67. The van der Waals surface area contributed by atoms with Gasteiger partial charge in [0.25, 0.3) is 5.91 Å². The fourth-order valence-corrected chi connectivity index (χ4v) is 3.49. The lowest BCUT2D eigenvalue weighted by molar-refractivity contribution is -0.115. The molecule has 2 rings (SSSR count). The predicted octanol–water partition coefficient (Wildman–Crippen LogP) is 5.38. The molecule has 0 spiro atoms. The first-order chi connectivity index (χ1) is 12.9. The van der Waals surface area contributed by atoms with Crippen molar-refractivity contribution in [1.29, 1.82) is 0 Å². The molecule has 2 aromatic rings. The highest BCUT2D eigenvalue weighted by Crippen LogP contribution is 2.28. The molecule has 0 saturated heterocycles. The Bertz CT molecular complexity index is 780. The Hall–Kier alpha value is -1.98. The van der Waals surface area contributed by atoms with E-state index in [0.717, 1.165) is 11.3 Å². The first kappa shape index (κ1) is 21.3. The Morgan fingerprint density at radius 3 is 2.33 bits per heavy atom. The smallest absolute Gasteiger partial charge is 0.253 e. The maximum absolute atomic E-state index is 12.8. The summed E-state index contributed by atoms with van der Waals surface area (Å²) in [6.45, 7) is 5.93. The topological polar surface area (TPSA) is 58.2 Å². The number of rotatable bonds is 8. The summed E-state index contributed by atoms with van der Waals surface area (Å²) in [6, 6.07) is 14.6. The molecule has 6 heteroatoms. The number of benzene rings is 2. The molecular weight excluding hydrogens is 380 g/mol. The zero-order chi connectivity index (χ0) is 19.8. The number of nitrogens with one attached hydrogen (secondary N) is 2. The number of halogens is 1. The van der Waals surface area contributed by atoms with Crippen molar-refractivity contribution in [2.45, 2.75) is 49.8 Å². The van der Waals surface area contributed by atoms with E-state index in [1.165, 1.54) is 11.8 Å². The predicted molar refractivity (Wildman–Crippen MR) is 114 cm³/mol. The lowest BCUT2D eigenvalue weighted by atomic mass is 10.1. The maximum atomic E-state index is 12.8. The molecule has 144 valence electrons. The van der Waals surface area contributed by atoms with E-state index in [0.29, 0.717) is 22.7 Å². The van der Waals surface area contributed by atoms with Crippen molar-refractivity contribution in [3.63, 3.8) is 0 Å². The van der Waals surface area contributed by atoms with Crippen LogP contribution in [-0.4, -0.2) is 23.1 Å². The normalized spacial score (nSPS) is 12.9. The molecule has 0 aliphatic rings. The van der Waals surface area contributed by atoms with Gasteiger partial charge in [0.2, 0.25) is 5.91 Å². The highest BCUT2D eigenvalue weighted by atomic mass is 35.5. The van der Waals surface area contributed by atoms with E-state index in [-0.39, 0.29) is 23.1 Å². The van der Waals surface area contributed by atoms with Crippen molar-refractivity contribution < 1.29 is 9.59 Å². The number of hydrogen-bond acceptors (Lipinski definition) is 3. The summed E-state index contributed by atoms with van der Waals surface area (Å²) < 4.78 is 0. The molecular formula is C21H25ClN2O2S. The van der Waals surface area contributed by atoms with Crippen LogP contribution in [0.3, 0.4) is 0 Å². The van der Waals surface area contributed by atoms with E-state index >= 15 is 0 Å². The first-order valence-electron chi connectivity index (χ1n) is 9.07. The molecule has 0 fully saturated rings. The van der Waals surface area contributed by atoms with Crippen LogP contribution in [-0.2, 0) is 4.79 Å². The van der Waals surface area contributed by atoms with Gasteiger partial charge < -0.3 is 10.6 Å². The number of amides is 2. The maximum Gasteiger partial charge on any atom is 0.253 e. The van der Waals surface area contributed by atoms with Gasteiger partial charge in [-0.05, 0) is 56.2 Å². The molecule has 0 aliphatic carbocycles. The largest absolute Gasteiger partial charge is 0.350 e. The van der Waals surface area contributed by atoms with Gasteiger partial charge in [0.05, 0.1) is 16.5 Å². The van der Waals surface area contributed by atoms with E-state index in [1.807, 2.05) is 51.1 Å². The Balaban J connectivity index is 2.11. The number of anilines is 1. The SMILES string of the molecule is CC[C@H](C)NC(=O)c1ccccc1NC(=O)[C@@H](CC)Sc1ccc(Cl)cc1. The van der Waals surface area contributed by atoms with Crippen LogP contribution in [0.1, 0.15) is 44.0 Å². The minimum atomic E-state index is -0.267. The van der Waals surface area contributed by atoms with Crippen molar-refractivity contribution in [3.05, 3.63) is 59.1 Å². The summed E-state index contributed by atoms with van der Waals surface area (Å²) in [4.78, 5) is 26.3. The molecule has 0 aliphatic heterocycles. The van der Waals surface area contributed by atoms with Gasteiger partial charge in [0, 0.05) is 16.0 Å². The number of thioether (sulfide) groups is 1. The Kier molecular flexibility index (Phi) is 8.20. The van der Waals surface area contributed by atoms with Crippen LogP contribution in [0.15, 0.2) is 53.4 Å². The van der Waals surface area contributed by atoms with Crippen molar-refractivity contribution in [1.82, 2.24) is 5.32 Å².